The number of hydrazine groups is 1. The maximum Gasteiger partial charge on any atom is 0.319 e. The van der Waals surface area contributed by atoms with Gasteiger partial charge in [0.2, 0.25) is 12.5 Å². The standard InChI is InChI=1S/C40H43ClN8O2/c1-3-36(50)47-19-14-34-35(47)25-49(34)48-21-20-45(24-29(48)23-42-2)38-31-13-12-28(30-10-4-8-27-9-5-11-32(41)37(27)30)22-33(31)43-39(44-38)51-26-40-15-6-17-46(40)18-7-16-40/h3-5,8-13,22,29,34-35H,1,6-7,14-21,23-26H2/t29-,34+,35+/m0/s1. The number of benzene rings is 3. The number of likely N-dealkylation sites (tertiary alicyclic amines) is 1. The molecule has 0 N–H and O–H groups in total. The van der Waals surface area contributed by atoms with E-state index < -0.39 is 0 Å². The van der Waals surface area contributed by atoms with Crippen LogP contribution < -0.4 is 9.64 Å². The third-order valence-electron chi connectivity index (χ3n) is 12.2. The van der Waals surface area contributed by atoms with Gasteiger partial charge in [0.1, 0.15) is 18.5 Å². The van der Waals surface area contributed by atoms with E-state index in [-0.39, 0.29) is 23.5 Å². The zero-order valence-electron chi connectivity index (χ0n) is 28.9. The first kappa shape index (κ1) is 32.6. The van der Waals surface area contributed by atoms with E-state index in [1.807, 2.05) is 17.0 Å². The number of hydrogen-bond donors (Lipinski definition) is 0. The molecule has 0 saturated carbocycles. The Hall–Kier alpha value is -4.27. The molecule has 10 nitrogen and oxygen atoms in total. The molecule has 3 atom stereocenters. The minimum atomic E-state index is -0.00253. The summed E-state index contributed by atoms with van der Waals surface area (Å²) in [6.45, 7) is 18.5. The summed E-state index contributed by atoms with van der Waals surface area (Å²) in [5.74, 6) is 0.864. The molecule has 0 bridgehead atoms. The third-order valence-corrected chi connectivity index (χ3v) is 12.5. The average Bonchev–Trinajstić information content (AvgIpc) is 3.83. The average molecular weight is 703 g/mol. The highest BCUT2D eigenvalue weighted by Crippen LogP contribution is 2.41. The Morgan fingerprint density at radius 3 is 2.63 bits per heavy atom. The fourth-order valence-corrected chi connectivity index (χ4v) is 9.96. The second-order valence-corrected chi connectivity index (χ2v) is 15.2. The zero-order valence-corrected chi connectivity index (χ0v) is 29.6. The molecule has 0 aliphatic carbocycles. The molecule has 0 unspecified atom stereocenters. The van der Waals surface area contributed by atoms with Crippen LogP contribution in [0.1, 0.15) is 32.1 Å². The van der Waals surface area contributed by atoms with Crippen LogP contribution in [0.15, 0.2) is 67.3 Å². The number of halogens is 1. The van der Waals surface area contributed by atoms with Crippen molar-refractivity contribution in [2.75, 3.05) is 63.9 Å². The van der Waals surface area contributed by atoms with Crippen LogP contribution in [-0.4, -0.2) is 118 Å². The summed E-state index contributed by atoms with van der Waals surface area (Å²) in [7, 11) is 0. The topological polar surface area (TPSA) is 72.6 Å². The van der Waals surface area contributed by atoms with Gasteiger partial charge in [-0.15, -0.1) is 0 Å². The van der Waals surface area contributed by atoms with Gasteiger partial charge in [-0.3, -0.25) is 9.69 Å². The van der Waals surface area contributed by atoms with Gasteiger partial charge in [-0.2, -0.15) is 9.97 Å². The van der Waals surface area contributed by atoms with Crippen LogP contribution >= 0.6 is 11.6 Å². The van der Waals surface area contributed by atoms with E-state index in [1.54, 1.807) is 0 Å². The van der Waals surface area contributed by atoms with Crippen LogP contribution in [0.2, 0.25) is 5.02 Å². The molecule has 5 aliphatic rings. The van der Waals surface area contributed by atoms with Crippen molar-refractivity contribution in [1.82, 2.24) is 29.8 Å². The van der Waals surface area contributed by atoms with Crippen molar-refractivity contribution in [2.45, 2.75) is 55.8 Å². The van der Waals surface area contributed by atoms with E-state index in [1.165, 1.54) is 18.9 Å². The smallest absolute Gasteiger partial charge is 0.319 e. The fourth-order valence-electron chi connectivity index (χ4n) is 9.67. The molecular weight excluding hydrogens is 660 g/mol. The van der Waals surface area contributed by atoms with Gasteiger partial charge in [-0.05, 0) is 86.0 Å². The zero-order chi connectivity index (χ0) is 34.7. The minimum Gasteiger partial charge on any atom is -0.461 e. The molecule has 3 aromatic carbocycles. The highest BCUT2D eigenvalue weighted by atomic mass is 35.5. The highest BCUT2D eigenvalue weighted by Gasteiger charge is 2.52. The normalized spacial score (nSPS) is 24.7. The number of carbonyl (C=O) groups excluding carboxylic acids is 1. The van der Waals surface area contributed by atoms with Gasteiger partial charge in [0, 0.05) is 54.6 Å². The van der Waals surface area contributed by atoms with Crippen molar-refractivity contribution in [2.24, 2.45) is 0 Å². The first-order chi connectivity index (χ1) is 25.0. The molecule has 5 aliphatic heterocycles. The molecule has 4 aromatic rings. The Kier molecular flexibility index (Phi) is 8.35. The van der Waals surface area contributed by atoms with Crippen LogP contribution in [0.25, 0.3) is 37.6 Å². The second-order valence-electron chi connectivity index (χ2n) is 14.8. The largest absolute Gasteiger partial charge is 0.461 e. The molecule has 1 amide bonds. The van der Waals surface area contributed by atoms with Gasteiger partial charge in [0.05, 0.1) is 17.1 Å². The summed E-state index contributed by atoms with van der Waals surface area (Å²) in [6, 6.07) is 19.6. The predicted octanol–water partition coefficient (Wildman–Crippen LogP) is 5.91. The monoisotopic (exact) mass is 702 g/mol. The van der Waals surface area contributed by atoms with Gasteiger partial charge in [-0.25, -0.2) is 16.6 Å². The Labute approximate surface area is 304 Å². The number of anilines is 1. The number of fused-ring (bicyclic) bond motifs is 4. The third kappa shape index (κ3) is 5.53. The lowest BCUT2D eigenvalue weighted by Gasteiger charge is -2.55. The Morgan fingerprint density at radius 2 is 1.82 bits per heavy atom. The van der Waals surface area contributed by atoms with Crippen molar-refractivity contribution < 1.29 is 9.53 Å². The van der Waals surface area contributed by atoms with Crippen molar-refractivity contribution in [3.05, 3.63) is 83.7 Å². The van der Waals surface area contributed by atoms with Gasteiger partial charge < -0.3 is 19.4 Å². The van der Waals surface area contributed by atoms with Gasteiger partial charge in [-0.1, -0.05) is 54.6 Å². The molecule has 5 saturated heterocycles. The van der Waals surface area contributed by atoms with Crippen LogP contribution in [0, 0.1) is 6.57 Å². The summed E-state index contributed by atoms with van der Waals surface area (Å²) < 4.78 is 6.60. The number of amides is 1. The van der Waals surface area contributed by atoms with E-state index >= 15 is 0 Å². The summed E-state index contributed by atoms with van der Waals surface area (Å²) in [6.07, 6.45) is 7.08. The number of aromatic nitrogens is 2. The number of ether oxygens (including phenoxy) is 1. The summed E-state index contributed by atoms with van der Waals surface area (Å²) in [5, 5.41) is 8.62. The maximum atomic E-state index is 12.4. The molecule has 9 rings (SSSR count). The SMILES string of the molecule is [C-]#[N+]C[C@H]1CN(c2nc(OCC34CCCN3CCC4)nc3cc(-c4cccc5cccc(Cl)c45)ccc23)CCN1N1C[C@@H]2[C@H]1CCN2C(=O)C=C. The molecule has 6 heterocycles. The Morgan fingerprint density at radius 1 is 1.00 bits per heavy atom. The molecule has 5 fully saturated rings. The lowest BCUT2D eigenvalue weighted by atomic mass is 9.95. The van der Waals surface area contributed by atoms with Gasteiger partial charge in [0.25, 0.3) is 0 Å². The van der Waals surface area contributed by atoms with Crippen molar-refractivity contribution in [3.63, 3.8) is 0 Å². The lowest BCUT2D eigenvalue weighted by Crippen LogP contribution is -2.72. The minimum absolute atomic E-state index is 0.00253. The summed E-state index contributed by atoms with van der Waals surface area (Å²) >= 11 is 6.77. The van der Waals surface area contributed by atoms with Crippen molar-refractivity contribution in [3.8, 4) is 17.1 Å². The fraction of sp³-hybridized carbons (Fsp3) is 0.450. The molecule has 262 valence electrons. The summed E-state index contributed by atoms with van der Waals surface area (Å²) in [4.78, 5) is 33.4. The molecule has 11 heteroatoms. The first-order valence-electron chi connectivity index (χ1n) is 18.4. The molecule has 1 aromatic heterocycles. The Balaban J connectivity index is 1.05. The van der Waals surface area contributed by atoms with Gasteiger partial charge in [0.15, 0.2) is 0 Å². The van der Waals surface area contributed by atoms with Crippen LogP contribution in [-0.2, 0) is 4.79 Å². The van der Waals surface area contributed by atoms with Crippen LogP contribution in [0.4, 0.5) is 5.82 Å². The molecular formula is C40H43ClN8O2. The van der Waals surface area contributed by atoms with E-state index in [9.17, 15) is 4.79 Å². The predicted molar refractivity (Wildman–Crippen MR) is 201 cm³/mol. The van der Waals surface area contributed by atoms with E-state index in [0.29, 0.717) is 31.7 Å². The number of rotatable bonds is 8. The molecule has 51 heavy (non-hydrogen) atoms. The number of piperazine rings is 1. The highest BCUT2D eigenvalue weighted by molar-refractivity contribution is 6.36. The van der Waals surface area contributed by atoms with E-state index in [0.717, 1.165) is 102 Å². The van der Waals surface area contributed by atoms with E-state index in [4.69, 9.17) is 32.9 Å². The number of hydrogen-bond acceptors (Lipinski definition) is 8. The molecule has 0 spiro atoms. The molecule has 0 radical (unpaired) electrons. The van der Waals surface area contributed by atoms with Crippen LogP contribution in [0.3, 0.4) is 0 Å². The maximum absolute atomic E-state index is 12.4. The van der Waals surface area contributed by atoms with Crippen molar-refractivity contribution in [1.29, 1.82) is 0 Å². The van der Waals surface area contributed by atoms with Crippen molar-refractivity contribution >= 4 is 45.0 Å². The second kappa shape index (κ2) is 13.1. The Bertz CT molecular complexity index is 2050. The number of carbonyl (C=O) groups is 1. The van der Waals surface area contributed by atoms with Gasteiger partial charge >= 0.3 is 6.01 Å². The van der Waals surface area contributed by atoms with E-state index in [2.05, 4.69) is 73.7 Å². The summed E-state index contributed by atoms with van der Waals surface area (Å²) in [5.41, 5.74) is 3.01. The lowest BCUT2D eigenvalue weighted by molar-refractivity contribution is -0.167. The van der Waals surface area contributed by atoms with Crippen LogP contribution in [0.5, 0.6) is 6.01 Å². The quantitative estimate of drug-likeness (QED) is 0.166. The number of nitrogens with zero attached hydrogens (tertiary/aromatic N) is 8. The first-order valence-corrected chi connectivity index (χ1v) is 18.8.